The Morgan fingerprint density at radius 1 is 1.11 bits per heavy atom. The van der Waals surface area contributed by atoms with E-state index in [0.29, 0.717) is 10.9 Å². The van der Waals surface area contributed by atoms with Crippen molar-refractivity contribution in [3.05, 3.63) is 58.9 Å². The lowest BCUT2D eigenvalue weighted by atomic mass is 10.2. The lowest BCUT2D eigenvalue weighted by molar-refractivity contribution is 0.972. The molecule has 0 aliphatic heterocycles. The van der Waals surface area contributed by atoms with Gasteiger partial charge in [-0.3, -0.25) is 4.57 Å². The highest BCUT2D eigenvalue weighted by Gasteiger charge is 2.15. The van der Waals surface area contributed by atoms with Crippen LogP contribution in [-0.4, -0.2) is 9.55 Å². The summed E-state index contributed by atoms with van der Waals surface area (Å²) in [4.78, 5) is 4.56. The molecule has 0 saturated heterocycles. The summed E-state index contributed by atoms with van der Waals surface area (Å²) >= 11 is 12.4. The number of imidazole rings is 1. The van der Waals surface area contributed by atoms with Gasteiger partial charge in [-0.25, -0.2) is 4.98 Å². The Balaban J connectivity index is 2.41. The summed E-state index contributed by atoms with van der Waals surface area (Å²) < 4.78 is 2.04. The molecule has 0 atom stereocenters. The number of aromatic nitrogens is 2. The monoisotopic (exact) mass is 290 g/mol. The molecule has 0 aliphatic rings. The second-order valence-electron chi connectivity index (χ2n) is 4.39. The predicted molar refractivity (Wildman–Crippen MR) is 80.4 cm³/mol. The molecule has 0 spiro atoms. The molecule has 0 fully saturated rings. The number of halogens is 2. The highest BCUT2D eigenvalue weighted by atomic mass is 35.5. The fourth-order valence-electron chi connectivity index (χ4n) is 2.32. The zero-order valence-corrected chi connectivity index (χ0v) is 11.9. The van der Waals surface area contributed by atoms with Gasteiger partial charge in [0.1, 0.15) is 5.82 Å². The van der Waals surface area contributed by atoms with Crippen LogP contribution in [0, 0.1) is 6.92 Å². The van der Waals surface area contributed by atoms with Gasteiger partial charge >= 0.3 is 0 Å². The number of rotatable bonds is 2. The second-order valence-corrected chi connectivity index (χ2v) is 5.07. The van der Waals surface area contributed by atoms with Gasteiger partial charge < -0.3 is 0 Å². The molecule has 0 bridgehead atoms. The Hall–Kier alpha value is -1.51. The smallest absolute Gasteiger partial charge is 0.129 e. The SMILES string of the molecule is Cc1cccc(Cl)c1-n1c(CCl)nc2ccccc21. The quantitative estimate of drug-likeness (QED) is 0.624. The molecular weight excluding hydrogens is 279 g/mol. The van der Waals surface area contributed by atoms with E-state index in [2.05, 4.69) is 4.98 Å². The minimum absolute atomic E-state index is 0.347. The van der Waals surface area contributed by atoms with Gasteiger partial charge in [-0.2, -0.15) is 0 Å². The minimum atomic E-state index is 0.347. The van der Waals surface area contributed by atoms with E-state index < -0.39 is 0 Å². The number of hydrogen-bond donors (Lipinski definition) is 0. The molecule has 1 aromatic heterocycles. The van der Waals surface area contributed by atoms with Crippen molar-refractivity contribution in [2.24, 2.45) is 0 Å². The van der Waals surface area contributed by atoms with E-state index in [1.165, 1.54) is 0 Å². The first kappa shape index (κ1) is 12.5. The molecule has 0 saturated carbocycles. The zero-order chi connectivity index (χ0) is 13.4. The van der Waals surface area contributed by atoms with E-state index in [0.717, 1.165) is 28.1 Å². The highest BCUT2D eigenvalue weighted by molar-refractivity contribution is 6.32. The largest absolute Gasteiger partial charge is 0.294 e. The van der Waals surface area contributed by atoms with Crippen LogP contribution in [0.4, 0.5) is 0 Å². The van der Waals surface area contributed by atoms with E-state index >= 15 is 0 Å². The van der Waals surface area contributed by atoms with Gasteiger partial charge in [0.15, 0.2) is 0 Å². The Morgan fingerprint density at radius 2 is 1.89 bits per heavy atom. The third-order valence-electron chi connectivity index (χ3n) is 3.16. The number of benzene rings is 2. The van der Waals surface area contributed by atoms with Gasteiger partial charge in [0.25, 0.3) is 0 Å². The van der Waals surface area contributed by atoms with Gasteiger partial charge in [-0.1, -0.05) is 35.9 Å². The molecular formula is C15H12Cl2N2. The average Bonchev–Trinajstić information content (AvgIpc) is 2.77. The Kier molecular flexibility index (Phi) is 3.21. The van der Waals surface area contributed by atoms with Gasteiger partial charge in [0.05, 0.1) is 27.6 Å². The molecule has 1 heterocycles. The fourth-order valence-corrected chi connectivity index (χ4v) is 2.81. The van der Waals surface area contributed by atoms with Crippen molar-refractivity contribution in [3.63, 3.8) is 0 Å². The summed E-state index contributed by atoms with van der Waals surface area (Å²) in [7, 11) is 0. The normalized spacial score (nSPS) is 11.1. The molecule has 0 unspecified atom stereocenters. The molecule has 3 rings (SSSR count). The fraction of sp³-hybridized carbons (Fsp3) is 0.133. The van der Waals surface area contributed by atoms with Crippen molar-refractivity contribution in [2.45, 2.75) is 12.8 Å². The van der Waals surface area contributed by atoms with E-state index in [1.807, 2.05) is 54.0 Å². The van der Waals surface area contributed by atoms with E-state index in [4.69, 9.17) is 23.2 Å². The van der Waals surface area contributed by atoms with Crippen LogP contribution in [0.1, 0.15) is 11.4 Å². The number of fused-ring (bicyclic) bond motifs is 1. The van der Waals surface area contributed by atoms with Crippen LogP contribution in [0.25, 0.3) is 16.7 Å². The van der Waals surface area contributed by atoms with Crippen LogP contribution in [0.3, 0.4) is 0 Å². The maximum Gasteiger partial charge on any atom is 0.129 e. The lowest BCUT2D eigenvalue weighted by Crippen LogP contribution is -2.02. The lowest BCUT2D eigenvalue weighted by Gasteiger charge is -2.12. The first-order valence-electron chi connectivity index (χ1n) is 6.00. The van der Waals surface area contributed by atoms with Crippen LogP contribution >= 0.6 is 23.2 Å². The van der Waals surface area contributed by atoms with E-state index in [-0.39, 0.29) is 0 Å². The standard InChI is InChI=1S/C15H12Cl2N2/c1-10-5-4-6-11(17)15(10)19-13-8-3-2-7-12(13)18-14(19)9-16/h2-8H,9H2,1H3. The van der Waals surface area contributed by atoms with Crippen molar-refractivity contribution < 1.29 is 0 Å². The maximum absolute atomic E-state index is 6.36. The summed E-state index contributed by atoms with van der Waals surface area (Å²) in [5, 5.41) is 0.703. The number of aryl methyl sites for hydroxylation is 1. The van der Waals surface area contributed by atoms with Crippen LogP contribution in [0.2, 0.25) is 5.02 Å². The molecule has 19 heavy (non-hydrogen) atoms. The molecule has 4 heteroatoms. The van der Waals surface area contributed by atoms with Gasteiger partial charge in [0, 0.05) is 0 Å². The third kappa shape index (κ3) is 2.01. The molecule has 96 valence electrons. The highest BCUT2D eigenvalue weighted by Crippen LogP contribution is 2.29. The second kappa shape index (κ2) is 4.87. The van der Waals surface area contributed by atoms with Crippen molar-refractivity contribution in [3.8, 4) is 5.69 Å². The summed E-state index contributed by atoms with van der Waals surface area (Å²) in [6, 6.07) is 13.8. The summed E-state index contributed by atoms with van der Waals surface area (Å²) in [5.41, 5.74) is 4.00. The molecule has 3 aromatic rings. The maximum atomic E-state index is 6.36. The topological polar surface area (TPSA) is 17.8 Å². The molecule has 0 radical (unpaired) electrons. The first-order chi connectivity index (χ1) is 9.22. The van der Waals surface area contributed by atoms with Crippen molar-refractivity contribution >= 4 is 34.2 Å². The van der Waals surface area contributed by atoms with Gasteiger partial charge in [-0.15, -0.1) is 11.6 Å². The summed E-state index contributed by atoms with van der Waals surface area (Å²) in [5.74, 6) is 1.15. The third-order valence-corrected chi connectivity index (χ3v) is 3.71. The van der Waals surface area contributed by atoms with Crippen LogP contribution in [0.5, 0.6) is 0 Å². The Labute approximate surface area is 121 Å². The zero-order valence-electron chi connectivity index (χ0n) is 10.4. The van der Waals surface area contributed by atoms with Gasteiger partial charge in [0.2, 0.25) is 0 Å². The van der Waals surface area contributed by atoms with Crippen LogP contribution in [-0.2, 0) is 5.88 Å². The minimum Gasteiger partial charge on any atom is -0.294 e. The van der Waals surface area contributed by atoms with Crippen molar-refractivity contribution in [1.82, 2.24) is 9.55 Å². The van der Waals surface area contributed by atoms with Crippen molar-refractivity contribution in [1.29, 1.82) is 0 Å². The Morgan fingerprint density at radius 3 is 2.63 bits per heavy atom. The number of alkyl halides is 1. The molecule has 2 aromatic carbocycles. The van der Waals surface area contributed by atoms with E-state index in [1.54, 1.807) is 0 Å². The molecule has 0 aliphatic carbocycles. The predicted octanol–water partition coefficient (Wildman–Crippen LogP) is 4.73. The summed E-state index contributed by atoms with van der Waals surface area (Å²) in [6.45, 7) is 2.04. The number of para-hydroxylation sites is 3. The molecule has 2 nitrogen and oxygen atoms in total. The number of hydrogen-bond acceptors (Lipinski definition) is 1. The number of nitrogens with zero attached hydrogens (tertiary/aromatic N) is 2. The van der Waals surface area contributed by atoms with Crippen LogP contribution < -0.4 is 0 Å². The molecule has 0 N–H and O–H groups in total. The molecule has 0 amide bonds. The van der Waals surface area contributed by atoms with Crippen LogP contribution in [0.15, 0.2) is 42.5 Å². The van der Waals surface area contributed by atoms with Crippen molar-refractivity contribution in [2.75, 3.05) is 0 Å². The van der Waals surface area contributed by atoms with Gasteiger partial charge in [-0.05, 0) is 30.7 Å². The Bertz CT molecular complexity index is 727. The average molecular weight is 291 g/mol. The van der Waals surface area contributed by atoms with E-state index in [9.17, 15) is 0 Å². The first-order valence-corrected chi connectivity index (χ1v) is 6.91. The summed E-state index contributed by atoms with van der Waals surface area (Å²) in [6.07, 6.45) is 0.